The average molecular weight is 1620 g/mol. The summed E-state index contributed by atoms with van der Waals surface area (Å²) in [4.78, 5) is 11.5. The molecule has 0 amide bonds. The van der Waals surface area contributed by atoms with Crippen LogP contribution in [0.2, 0.25) is 0 Å². The van der Waals surface area contributed by atoms with E-state index < -0.39 is 0 Å². The number of para-hydroxylation sites is 2. The van der Waals surface area contributed by atoms with Gasteiger partial charge in [-0.3, -0.25) is 0 Å². The van der Waals surface area contributed by atoms with Crippen molar-refractivity contribution in [2.75, 3.05) is 59.7 Å². The molecule has 0 saturated carbocycles. The third-order valence-corrected chi connectivity index (χ3v) is 28.6. The summed E-state index contributed by atoms with van der Waals surface area (Å²) in [5, 5.41) is 25.0. The smallest absolute Gasteiger partial charge is 0.159 e. The Bertz CT molecular complexity index is 7530. The van der Waals surface area contributed by atoms with Crippen molar-refractivity contribution in [2.45, 2.75) is 77.0 Å². The van der Waals surface area contributed by atoms with Gasteiger partial charge in [-0.1, -0.05) is 334 Å². The van der Waals surface area contributed by atoms with Crippen LogP contribution in [0, 0.1) is 0 Å². The molecule has 125 heavy (non-hydrogen) atoms. The molecule has 0 fully saturated rings. The largest absolute Gasteiger partial charge is 0.453 e. The van der Waals surface area contributed by atoms with Gasteiger partial charge in [-0.15, -0.1) is 0 Å². The summed E-state index contributed by atoms with van der Waals surface area (Å²) in [7, 11) is 10.8. The van der Waals surface area contributed by atoms with E-state index in [9.17, 15) is 0 Å². The highest BCUT2D eigenvalue weighted by Gasteiger charge is 2.48. The van der Waals surface area contributed by atoms with Gasteiger partial charge in [-0.25, -0.2) is 0 Å². The number of rotatable bonds is 0. The number of nitrogens with zero attached hydrogens (tertiary/aromatic N) is 5. The molecule has 5 aliphatic rings. The quantitative estimate of drug-likeness (QED) is 0.110. The van der Waals surface area contributed by atoms with E-state index >= 15 is 0 Å². The Hall–Kier alpha value is -14.6. The number of benzene rings is 20. The molecular formula is C117H99N5O3. The second kappa shape index (κ2) is 29.9. The Balaban J connectivity index is 0.0000000958. The van der Waals surface area contributed by atoms with Crippen molar-refractivity contribution in [1.29, 1.82) is 0 Å². The normalized spacial score (nSPS) is 14.8. The molecule has 0 saturated heterocycles. The van der Waals surface area contributed by atoms with Crippen molar-refractivity contribution in [3.05, 3.63) is 386 Å². The van der Waals surface area contributed by atoms with Gasteiger partial charge in [0.1, 0.15) is 0 Å². The molecule has 5 aliphatic heterocycles. The molecule has 8 heteroatoms. The molecule has 0 unspecified atom stereocenters. The summed E-state index contributed by atoms with van der Waals surface area (Å²) in [5.74, 6) is 5.52. The second-order valence-electron chi connectivity index (χ2n) is 36.2. The van der Waals surface area contributed by atoms with Gasteiger partial charge in [0.25, 0.3) is 0 Å². The van der Waals surface area contributed by atoms with Crippen molar-refractivity contribution in [3.63, 3.8) is 0 Å². The highest BCUT2D eigenvalue weighted by molar-refractivity contribution is 6.17. The lowest BCUT2D eigenvalue weighted by atomic mass is 9.60. The predicted octanol–water partition coefficient (Wildman–Crippen LogP) is 32.3. The Morgan fingerprint density at radius 2 is 0.488 bits per heavy atom. The zero-order valence-corrected chi connectivity index (χ0v) is 73.1. The zero-order chi connectivity index (χ0) is 85.5. The van der Waals surface area contributed by atoms with E-state index in [4.69, 9.17) is 14.2 Å². The fraction of sp³-hybridized carbons (Fsp3) is 0.145. The fourth-order valence-corrected chi connectivity index (χ4v) is 20.4. The Morgan fingerprint density at radius 1 is 0.176 bits per heavy atom. The molecule has 20 aromatic carbocycles. The lowest BCUT2D eigenvalue weighted by Crippen LogP contribution is -2.39. The first-order valence-electron chi connectivity index (χ1n) is 43.6. The molecule has 0 bridgehead atoms. The van der Waals surface area contributed by atoms with E-state index in [2.05, 4.69) is 479 Å². The number of fused-ring (bicyclic) bond motifs is 27. The minimum absolute atomic E-state index is 0.00757. The van der Waals surface area contributed by atoms with Gasteiger partial charge in [0.2, 0.25) is 0 Å². The van der Waals surface area contributed by atoms with E-state index in [1.807, 2.05) is 0 Å². The second-order valence-corrected chi connectivity index (χ2v) is 36.2. The molecule has 0 N–H and O–H groups in total. The SMILES string of the molecule is CN1c2c(ccc3ccccc23)Oc2ccc3ccccc3c21.CN1c2cc3ccccc3cc2Oc2cc3ccccc3cc21.CN1c2ccc3ccccc3c2Oc2c1ccc1ccccc21.CN1c2ccccc2C(C)(C)C(C)(C)c2c1c1ccccc1c1ccccc21.CN1c2ccccc2C(C)(C)C(C)(C)c2cc3cc4ccccc4cc3cc21. The first-order valence-corrected chi connectivity index (χ1v) is 43.6. The van der Waals surface area contributed by atoms with Crippen LogP contribution in [0.4, 0.5) is 56.9 Å². The predicted molar refractivity (Wildman–Crippen MR) is 532 cm³/mol. The van der Waals surface area contributed by atoms with Crippen LogP contribution in [-0.4, -0.2) is 35.2 Å². The average Bonchev–Trinajstić information content (AvgIpc) is 1.52. The lowest BCUT2D eigenvalue weighted by molar-refractivity contribution is 0.307. The Labute approximate surface area is 731 Å². The molecule has 20 aromatic rings. The van der Waals surface area contributed by atoms with E-state index in [0.29, 0.717) is 0 Å². The van der Waals surface area contributed by atoms with Gasteiger partial charge in [0.15, 0.2) is 34.5 Å². The topological polar surface area (TPSA) is 43.9 Å². The van der Waals surface area contributed by atoms with Crippen molar-refractivity contribution in [3.8, 4) is 34.5 Å². The lowest BCUT2D eigenvalue weighted by Gasteiger charge is -2.42. The maximum absolute atomic E-state index is 6.43. The third-order valence-electron chi connectivity index (χ3n) is 28.6. The van der Waals surface area contributed by atoms with Crippen LogP contribution < -0.4 is 38.7 Å². The zero-order valence-electron chi connectivity index (χ0n) is 73.1. The van der Waals surface area contributed by atoms with Crippen molar-refractivity contribution >= 4 is 165 Å². The monoisotopic (exact) mass is 1620 g/mol. The van der Waals surface area contributed by atoms with Crippen molar-refractivity contribution in [1.82, 2.24) is 0 Å². The van der Waals surface area contributed by atoms with Crippen LogP contribution in [0.1, 0.15) is 77.6 Å². The molecule has 610 valence electrons. The standard InChI is InChI=1S/2C27H27N.3C21H15NO/c1-26(2)22-16-10-11-17-23(22)28(5)25-21-15-9-7-13-19(21)18-12-6-8-14-20(18)24(25)27(26,3)4;1-26(2)22-12-8-9-13-24(22)28(5)25-17-21-15-19-11-7-6-10-18(19)14-20(21)16-23(25)27(26,3)4;1-22-18-10-14-6-2-4-8-16(14)12-20(18)23-21-13-17-9-5-3-7-15(17)11-19(21)22;1-22-20-16-8-4-2-6-14(16)10-12-18(20)23-19-13-11-15-7-3-5-9-17(15)21(19)22;1-22-18-12-10-14-6-2-4-8-16(14)20(18)23-21-17-9-5-3-7-15(17)11-13-19(21)22/h2*6-17H,1-5H3;3*2-13H,1H3. The van der Waals surface area contributed by atoms with E-state index in [1.165, 1.54) is 142 Å². The van der Waals surface area contributed by atoms with Crippen molar-refractivity contribution in [2.24, 2.45) is 0 Å². The van der Waals surface area contributed by atoms with Gasteiger partial charge in [-0.2, -0.15) is 0 Å². The molecule has 0 atom stereocenters. The van der Waals surface area contributed by atoms with Gasteiger partial charge in [0.05, 0.1) is 39.8 Å². The van der Waals surface area contributed by atoms with E-state index in [-0.39, 0.29) is 21.7 Å². The summed E-state index contributed by atoms with van der Waals surface area (Å²) in [6.07, 6.45) is 0. The molecule has 25 rings (SSSR count). The summed E-state index contributed by atoms with van der Waals surface area (Å²) >= 11 is 0. The highest BCUT2D eigenvalue weighted by Crippen LogP contribution is 2.60. The van der Waals surface area contributed by atoms with Gasteiger partial charge < -0.3 is 38.7 Å². The first-order chi connectivity index (χ1) is 60.6. The number of ether oxygens (including phenoxy) is 3. The third kappa shape index (κ3) is 12.6. The van der Waals surface area contributed by atoms with E-state index in [0.717, 1.165) is 79.4 Å². The molecule has 0 aromatic heterocycles. The minimum Gasteiger partial charge on any atom is -0.453 e. The number of anilines is 10. The highest BCUT2D eigenvalue weighted by atomic mass is 16.5. The summed E-state index contributed by atoms with van der Waals surface area (Å²) in [5.41, 5.74) is 17.6. The molecular weight excluding hydrogens is 1520 g/mol. The Kier molecular flexibility index (Phi) is 18.6. The number of hydrogen-bond donors (Lipinski definition) is 0. The molecule has 0 spiro atoms. The summed E-state index contributed by atoms with van der Waals surface area (Å²) < 4.78 is 18.9. The van der Waals surface area contributed by atoms with E-state index in [1.54, 1.807) is 0 Å². The van der Waals surface area contributed by atoms with Gasteiger partial charge >= 0.3 is 0 Å². The van der Waals surface area contributed by atoms with Crippen LogP contribution in [0.15, 0.2) is 364 Å². The van der Waals surface area contributed by atoms with Gasteiger partial charge in [-0.05, 0) is 188 Å². The van der Waals surface area contributed by atoms with Crippen molar-refractivity contribution < 1.29 is 14.2 Å². The van der Waals surface area contributed by atoms with Crippen LogP contribution in [0.5, 0.6) is 34.5 Å². The minimum atomic E-state index is -0.0488. The molecule has 8 nitrogen and oxygen atoms in total. The van der Waals surface area contributed by atoms with Gasteiger partial charge in [0, 0.05) is 101 Å². The summed E-state index contributed by atoms with van der Waals surface area (Å²) in [6, 6.07) is 130. The fourth-order valence-electron chi connectivity index (χ4n) is 20.4. The van der Waals surface area contributed by atoms with Crippen LogP contribution >= 0.6 is 0 Å². The van der Waals surface area contributed by atoms with Crippen LogP contribution in [0.3, 0.4) is 0 Å². The molecule has 0 aliphatic carbocycles. The Morgan fingerprint density at radius 3 is 0.968 bits per heavy atom. The number of hydrogen-bond acceptors (Lipinski definition) is 8. The molecule has 0 radical (unpaired) electrons. The summed E-state index contributed by atoms with van der Waals surface area (Å²) in [6.45, 7) is 19.2. The molecule has 5 heterocycles. The van der Waals surface area contributed by atoms with Crippen LogP contribution in [-0.2, 0) is 21.7 Å². The maximum atomic E-state index is 6.43. The first kappa shape index (κ1) is 77.7. The maximum Gasteiger partial charge on any atom is 0.159 e. The van der Waals surface area contributed by atoms with Crippen LogP contribution in [0.25, 0.3) is 108 Å².